The number of para-hydroxylation sites is 2. The number of aromatic nitrogens is 4. The van der Waals surface area contributed by atoms with Gasteiger partial charge in [0.05, 0.1) is 22.7 Å². The highest BCUT2D eigenvalue weighted by atomic mass is 32.1. The average Bonchev–Trinajstić information content (AvgIpc) is 3.33. The topological polar surface area (TPSA) is 81.8 Å². The van der Waals surface area contributed by atoms with Crippen LogP contribution in [0.25, 0.3) is 21.3 Å². The van der Waals surface area contributed by atoms with Gasteiger partial charge >= 0.3 is 6.55 Å². The first-order chi connectivity index (χ1) is 14.0. The monoisotopic (exact) mass is 417 g/mol. The number of hydrogen-bond donors (Lipinski definition) is 1. The van der Waals surface area contributed by atoms with E-state index in [0.29, 0.717) is 21.3 Å². The van der Waals surface area contributed by atoms with E-state index in [1.165, 1.54) is 22.2 Å². The molecular weight excluding hydrogens is 400 g/mol. The van der Waals surface area contributed by atoms with E-state index in [1.807, 2.05) is 0 Å². The molecule has 3 heterocycles. The van der Waals surface area contributed by atoms with Crippen molar-refractivity contribution in [2.75, 3.05) is 6.54 Å². The van der Waals surface area contributed by atoms with Crippen molar-refractivity contribution < 1.29 is 13.6 Å². The van der Waals surface area contributed by atoms with Crippen LogP contribution in [-0.2, 0) is 11.3 Å². The summed E-state index contributed by atoms with van der Waals surface area (Å²) in [5, 5.41) is 4.91. The van der Waals surface area contributed by atoms with Crippen molar-refractivity contribution in [2.45, 2.75) is 25.9 Å². The second-order valence-corrected chi connectivity index (χ2v) is 7.52. The summed E-state index contributed by atoms with van der Waals surface area (Å²) in [6.07, 6.45) is 1.33. The van der Waals surface area contributed by atoms with Gasteiger partial charge in [-0.15, -0.1) is 11.3 Å². The third kappa shape index (κ3) is 3.63. The molecule has 0 spiro atoms. The van der Waals surface area contributed by atoms with Gasteiger partial charge in [-0.25, -0.2) is 9.97 Å². The summed E-state index contributed by atoms with van der Waals surface area (Å²) >= 11 is 1.35. The molecule has 7 nitrogen and oxygen atoms in total. The van der Waals surface area contributed by atoms with Gasteiger partial charge in [-0.3, -0.25) is 18.7 Å². The summed E-state index contributed by atoms with van der Waals surface area (Å²) in [6, 6.07) is 8.33. The molecule has 0 saturated heterocycles. The Bertz CT molecular complexity index is 1250. The molecule has 3 aromatic heterocycles. The fourth-order valence-corrected chi connectivity index (χ4v) is 3.91. The molecule has 10 heteroatoms. The molecule has 150 valence electrons. The number of hydrogen-bond acceptors (Lipinski definition) is 5. The lowest BCUT2D eigenvalue weighted by Gasteiger charge is -2.15. The van der Waals surface area contributed by atoms with Crippen LogP contribution >= 0.6 is 11.3 Å². The molecule has 29 heavy (non-hydrogen) atoms. The number of benzene rings is 1. The number of carbonyl (C=O) groups is 1. The molecule has 1 aromatic carbocycles. The van der Waals surface area contributed by atoms with Gasteiger partial charge in [-0.1, -0.05) is 19.1 Å². The molecule has 0 aliphatic rings. The van der Waals surface area contributed by atoms with E-state index >= 15 is 0 Å². The predicted octanol–water partition coefficient (Wildman–Crippen LogP) is 3.12. The second kappa shape index (κ2) is 7.70. The number of amides is 1. The lowest BCUT2D eigenvalue weighted by molar-refractivity contribution is -0.121. The van der Waals surface area contributed by atoms with Crippen LogP contribution in [0.5, 0.6) is 0 Å². The Labute approximate surface area is 167 Å². The lowest BCUT2D eigenvalue weighted by atomic mass is 10.1. The number of rotatable bonds is 6. The fourth-order valence-electron chi connectivity index (χ4n) is 3.19. The summed E-state index contributed by atoms with van der Waals surface area (Å²) in [5.74, 6) is -0.662. The van der Waals surface area contributed by atoms with Gasteiger partial charge in [0.15, 0.2) is 0 Å². The largest absolute Gasteiger partial charge is 0.354 e. The number of nitrogens with zero attached hydrogens (tertiary/aromatic N) is 4. The molecule has 0 unspecified atom stereocenters. The first kappa shape index (κ1) is 19.2. The summed E-state index contributed by atoms with van der Waals surface area (Å²) in [6.45, 7) is -1.11. The minimum Gasteiger partial charge on any atom is -0.354 e. The molecule has 4 aromatic rings. The van der Waals surface area contributed by atoms with E-state index < -0.39 is 18.4 Å². The summed E-state index contributed by atoms with van der Waals surface area (Å²) in [7, 11) is 0. The van der Waals surface area contributed by atoms with Gasteiger partial charge < -0.3 is 5.32 Å². The molecular formula is C19H17F2N5O2S. The van der Waals surface area contributed by atoms with Crippen molar-refractivity contribution >= 4 is 38.5 Å². The van der Waals surface area contributed by atoms with E-state index in [4.69, 9.17) is 0 Å². The minimum absolute atomic E-state index is 0.109. The van der Waals surface area contributed by atoms with Crippen molar-refractivity contribution in [3.8, 4) is 0 Å². The Morgan fingerprint density at radius 2 is 2.07 bits per heavy atom. The second-order valence-electron chi connectivity index (χ2n) is 6.63. The average molecular weight is 417 g/mol. The Hall–Kier alpha value is -3.14. The number of halogens is 2. The van der Waals surface area contributed by atoms with Crippen LogP contribution in [0, 0.1) is 0 Å². The predicted molar refractivity (Wildman–Crippen MR) is 106 cm³/mol. The SMILES string of the molecule is C[C@@H](CNC(=O)Cn1cnc2sccc2c1=O)c1nc2ccccc2n1C(F)F. The smallest absolute Gasteiger partial charge is 0.320 e. The van der Waals surface area contributed by atoms with Crippen LogP contribution in [0.3, 0.4) is 0 Å². The van der Waals surface area contributed by atoms with Crippen molar-refractivity contribution in [3.63, 3.8) is 0 Å². The van der Waals surface area contributed by atoms with Crippen LogP contribution in [0.15, 0.2) is 46.8 Å². The molecule has 0 bridgehead atoms. The summed E-state index contributed by atoms with van der Waals surface area (Å²) < 4.78 is 29.3. The van der Waals surface area contributed by atoms with Crippen LogP contribution in [0.1, 0.15) is 25.2 Å². The minimum atomic E-state index is -2.74. The maximum Gasteiger partial charge on any atom is 0.320 e. The van der Waals surface area contributed by atoms with Crippen molar-refractivity contribution in [3.05, 3.63) is 58.2 Å². The van der Waals surface area contributed by atoms with E-state index in [0.717, 1.165) is 4.57 Å². The highest BCUT2D eigenvalue weighted by Gasteiger charge is 2.22. The van der Waals surface area contributed by atoms with Crippen LogP contribution in [0.2, 0.25) is 0 Å². The molecule has 0 aliphatic heterocycles. The first-order valence-corrected chi connectivity index (χ1v) is 9.78. The molecule has 1 amide bonds. The van der Waals surface area contributed by atoms with Crippen LogP contribution in [0.4, 0.5) is 8.78 Å². The Morgan fingerprint density at radius 1 is 1.28 bits per heavy atom. The zero-order chi connectivity index (χ0) is 20.5. The Morgan fingerprint density at radius 3 is 2.86 bits per heavy atom. The number of alkyl halides is 2. The summed E-state index contributed by atoms with van der Waals surface area (Å²) in [4.78, 5) is 33.7. The van der Waals surface area contributed by atoms with Crippen LogP contribution < -0.4 is 10.9 Å². The number of imidazole rings is 1. The van der Waals surface area contributed by atoms with Gasteiger partial charge in [0, 0.05) is 12.5 Å². The van der Waals surface area contributed by atoms with Crippen LogP contribution in [-0.4, -0.2) is 31.6 Å². The van der Waals surface area contributed by atoms with Gasteiger partial charge in [0.1, 0.15) is 17.2 Å². The molecule has 1 N–H and O–H groups in total. The highest BCUT2D eigenvalue weighted by molar-refractivity contribution is 7.16. The van der Waals surface area contributed by atoms with Gasteiger partial charge in [0.25, 0.3) is 5.56 Å². The molecule has 0 radical (unpaired) electrons. The van der Waals surface area contributed by atoms with E-state index in [1.54, 1.807) is 42.6 Å². The van der Waals surface area contributed by atoms with Crippen molar-refractivity contribution in [1.29, 1.82) is 0 Å². The Kier molecular flexibility index (Phi) is 5.10. The van der Waals surface area contributed by atoms with Gasteiger partial charge in [-0.05, 0) is 23.6 Å². The maximum atomic E-state index is 13.6. The third-order valence-electron chi connectivity index (χ3n) is 4.63. The van der Waals surface area contributed by atoms with Crippen molar-refractivity contribution in [2.24, 2.45) is 0 Å². The van der Waals surface area contributed by atoms with Gasteiger partial charge in [-0.2, -0.15) is 8.78 Å². The van der Waals surface area contributed by atoms with Crippen molar-refractivity contribution in [1.82, 2.24) is 24.4 Å². The van der Waals surface area contributed by atoms with E-state index in [2.05, 4.69) is 15.3 Å². The molecule has 1 atom stereocenters. The van der Waals surface area contributed by atoms with E-state index in [9.17, 15) is 18.4 Å². The third-order valence-corrected chi connectivity index (χ3v) is 5.45. The quantitative estimate of drug-likeness (QED) is 0.523. The zero-order valence-electron chi connectivity index (χ0n) is 15.4. The number of thiophene rings is 1. The summed E-state index contributed by atoms with van der Waals surface area (Å²) in [5.41, 5.74) is 0.527. The first-order valence-electron chi connectivity index (χ1n) is 8.90. The molecule has 4 rings (SSSR count). The van der Waals surface area contributed by atoms with Gasteiger partial charge in [0.2, 0.25) is 5.91 Å². The standard InChI is InChI=1S/C19H17F2N5O2S/c1-11(16-24-13-4-2-3-5-14(13)26(16)19(20)21)8-22-15(27)9-25-10-23-17-12(18(25)28)6-7-29-17/h2-7,10-11,19H,8-9H2,1H3,(H,22,27)/t11-/m0/s1. The number of fused-ring (bicyclic) bond motifs is 2. The normalized spacial score (nSPS) is 12.7. The molecule has 0 saturated carbocycles. The Balaban J connectivity index is 1.48. The fraction of sp³-hybridized carbons (Fsp3) is 0.263. The molecule has 0 fully saturated rings. The zero-order valence-corrected chi connectivity index (χ0v) is 16.2. The number of carbonyl (C=O) groups excluding carboxylic acids is 1. The van der Waals surface area contributed by atoms with E-state index in [-0.39, 0.29) is 24.5 Å². The molecule has 0 aliphatic carbocycles. The number of nitrogens with one attached hydrogen (secondary N) is 1. The lowest BCUT2D eigenvalue weighted by Crippen LogP contribution is -2.34. The maximum absolute atomic E-state index is 13.6. The highest BCUT2D eigenvalue weighted by Crippen LogP contribution is 2.27.